The molecular formula is C13H17NO. The maximum atomic E-state index is 5.17. The lowest BCUT2D eigenvalue weighted by Crippen LogP contribution is -2.00. The van der Waals surface area contributed by atoms with Crippen LogP contribution in [0.5, 0.6) is 5.75 Å². The number of hydrogen-bond acceptors (Lipinski definition) is 2. The van der Waals surface area contributed by atoms with Gasteiger partial charge in [-0.25, -0.2) is 0 Å². The van der Waals surface area contributed by atoms with Gasteiger partial charge in [-0.2, -0.15) is 0 Å². The predicted molar refractivity (Wildman–Crippen MR) is 61.5 cm³/mol. The van der Waals surface area contributed by atoms with E-state index in [-0.39, 0.29) is 0 Å². The van der Waals surface area contributed by atoms with Crippen LogP contribution in [0.3, 0.4) is 0 Å². The standard InChI is InChI=1S/C13H17NO/c1-15-11-8-6-10(7-9-11)14-12-4-2-3-5-13(12)14/h6-9,12-13H,2-5H2,1H3. The van der Waals surface area contributed by atoms with Crippen LogP contribution in [0.25, 0.3) is 0 Å². The highest BCUT2D eigenvalue weighted by molar-refractivity contribution is 5.58. The van der Waals surface area contributed by atoms with E-state index >= 15 is 0 Å². The lowest BCUT2D eigenvalue weighted by Gasteiger charge is -2.06. The van der Waals surface area contributed by atoms with Crippen LogP contribution < -0.4 is 9.64 Å². The van der Waals surface area contributed by atoms with Crippen molar-refractivity contribution in [2.24, 2.45) is 0 Å². The Bertz CT molecular complexity index is 334. The Hall–Kier alpha value is -1.18. The summed E-state index contributed by atoms with van der Waals surface area (Å²) in [6.07, 6.45) is 5.59. The van der Waals surface area contributed by atoms with Crippen molar-refractivity contribution >= 4 is 5.69 Å². The molecule has 1 saturated carbocycles. The molecule has 0 aromatic heterocycles. The lowest BCUT2D eigenvalue weighted by molar-refractivity contribution is 0.415. The Morgan fingerprint density at radius 2 is 1.67 bits per heavy atom. The van der Waals surface area contributed by atoms with Crippen molar-refractivity contribution in [2.45, 2.75) is 37.8 Å². The third-order valence-corrected chi connectivity index (χ3v) is 3.69. The Kier molecular flexibility index (Phi) is 2.08. The van der Waals surface area contributed by atoms with Crippen LogP contribution in [0.4, 0.5) is 5.69 Å². The van der Waals surface area contributed by atoms with E-state index in [2.05, 4.69) is 29.2 Å². The number of hydrogen-bond donors (Lipinski definition) is 0. The van der Waals surface area contributed by atoms with Crippen molar-refractivity contribution in [1.29, 1.82) is 0 Å². The highest BCUT2D eigenvalue weighted by Gasteiger charge is 2.48. The van der Waals surface area contributed by atoms with E-state index in [1.165, 1.54) is 31.4 Å². The second-order valence-electron chi connectivity index (χ2n) is 4.52. The number of rotatable bonds is 2. The van der Waals surface area contributed by atoms with Gasteiger partial charge < -0.3 is 9.64 Å². The van der Waals surface area contributed by atoms with E-state index in [4.69, 9.17) is 4.74 Å². The topological polar surface area (TPSA) is 12.2 Å². The molecule has 1 aromatic carbocycles. The van der Waals surface area contributed by atoms with E-state index in [9.17, 15) is 0 Å². The molecule has 0 spiro atoms. The molecule has 2 atom stereocenters. The molecule has 2 fully saturated rings. The SMILES string of the molecule is COc1ccc(N2C3CCCCC32)cc1. The molecule has 0 bridgehead atoms. The molecule has 3 rings (SSSR count). The first-order valence-electron chi connectivity index (χ1n) is 5.82. The second kappa shape index (κ2) is 3.44. The molecule has 15 heavy (non-hydrogen) atoms. The fraction of sp³-hybridized carbons (Fsp3) is 0.538. The van der Waals surface area contributed by atoms with Gasteiger partial charge >= 0.3 is 0 Å². The average Bonchev–Trinajstić information content (AvgIpc) is 3.03. The molecule has 0 amide bonds. The molecule has 2 nitrogen and oxygen atoms in total. The predicted octanol–water partition coefficient (Wildman–Crippen LogP) is 2.83. The zero-order chi connectivity index (χ0) is 10.3. The smallest absolute Gasteiger partial charge is 0.119 e. The van der Waals surface area contributed by atoms with Crippen LogP contribution in [-0.2, 0) is 0 Å². The Morgan fingerprint density at radius 3 is 2.20 bits per heavy atom. The number of ether oxygens (including phenoxy) is 1. The molecule has 2 aliphatic rings. The van der Waals surface area contributed by atoms with Crippen LogP contribution in [0.1, 0.15) is 25.7 Å². The molecule has 2 heteroatoms. The average molecular weight is 203 g/mol. The molecule has 1 heterocycles. The van der Waals surface area contributed by atoms with Gasteiger partial charge in [0.1, 0.15) is 5.75 Å². The molecule has 0 radical (unpaired) electrons. The van der Waals surface area contributed by atoms with Crippen molar-refractivity contribution in [2.75, 3.05) is 12.0 Å². The van der Waals surface area contributed by atoms with Gasteiger partial charge in [-0.1, -0.05) is 12.8 Å². The minimum absolute atomic E-state index is 0.840. The van der Waals surface area contributed by atoms with Crippen molar-refractivity contribution in [3.63, 3.8) is 0 Å². The van der Waals surface area contributed by atoms with Crippen LogP contribution in [0, 0.1) is 0 Å². The molecule has 1 aromatic rings. The molecule has 80 valence electrons. The monoisotopic (exact) mass is 203 g/mol. The maximum Gasteiger partial charge on any atom is 0.119 e. The van der Waals surface area contributed by atoms with Crippen molar-refractivity contribution in [1.82, 2.24) is 0 Å². The summed E-state index contributed by atoms with van der Waals surface area (Å²) in [5.41, 5.74) is 1.37. The van der Waals surface area contributed by atoms with Crippen LogP contribution in [-0.4, -0.2) is 19.2 Å². The largest absolute Gasteiger partial charge is 0.497 e. The third-order valence-electron chi connectivity index (χ3n) is 3.69. The maximum absolute atomic E-state index is 5.17. The van der Waals surface area contributed by atoms with Crippen molar-refractivity contribution in [3.05, 3.63) is 24.3 Å². The third kappa shape index (κ3) is 1.48. The van der Waals surface area contributed by atoms with Gasteiger partial charge in [0, 0.05) is 17.8 Å². The summed E-state index contributed by atoms with van der Waals surface area (Å²) in [6.45, 7) is 0. The first kappa shape index (κ1) is 9.08. The number of methoxy groups -OCH3 is 1. The van der Waals surface area contributed by atoms with Gasteiger partial charge in [-0.15, -0.1) is 0 Å². The molecule has 1 saturated heterocycles. The zero-order valence-corrected chi connectivity index (χ0v) is 9.15. The van der Waals surface area contributed by atoms with Crippen LogP contribution in [0.2, 0.25) is 0 Å². The summed E-state index contributed by atoms with van der Waals surface area (Å²) in [7, 11) is 1.71. The van der Waals surface area contributed by atoms with E-state index in [1.807, 2.05) is 0 Å². The molecule has 1 aliphatic heterocycles. The van der Waals surface area contributed by atoms with E-state index in [1.54, 1.807) is 7.11 Å². The number of nitrogens with zero attached hydrogens (tertiary/aromatic N) is 1. The van der Waals surface area contributed by atoms with Gasteiger partial charge in [0.2, 0.25) is 0 Å². The normalized spacial score (nSPS) is 28.5. The van der Waals surface area contributed by atoms with Gasteiger partial charge in [0.05, 0.1) is 7.11 Å². The number of anilines is 1. The first-order valence-corrected chi connectivity index (χ1v) is 5.82. The molecule has 0 N–H and O–H groups in total. The van der Waals surface area contributed by atoms with Crippen LogP contribution >= 0.6 is 0 Å². The van der Waals surface area contributed by atoms with Crippen molar-refractivity contribution < 1.29 is 4.74 Å². The number of benzene rings is 1. The summed E-state index contributed by atoms with van der Waals surface area (Å²) in [5, 5.41) is 0. The van der Waals surface area contributed by atoms with Gasteiger partial charge in [-0.05, 0) is 37.1 Å². The second-order valence-corrected chi connectivity index (χ2v) is 4.52. The minimum Gasteiger partial charge on any atom is -0.497 e. The fourth-order valence-electron chi connectivity index (χ4n) is 2.84. The number of fused-ring (bicyclic) bond motifs is 1. The fourth-order valence-corrected chi connectivity index (χ4v) is 2.84. The van der Waals surface area contributed by atoms with Gasteiger partial charge in [0.15, 0.2) is 0 Å². The minimum atomic E-state index is 0.840. The Balaban J connectivity index is 1.77. The Morgan fingerprint density at radius 1 is 1.07 bits per heavy atom. The zero-order valence-electron chi connectivity index (χ0n) is 9.15. The van der Waals surface area contributed by atoms with Gasteiger partial charge in [0.25, 0.3) is 0 Å². The lowest BCUT2D eigenvalue weighted by atomic mass is 10.0. The molecular weight excluding hydrogens is 186 g/mol. The van der Waals surface area contributed by atoms with E-state index in [0.29, 0.717) is 0 Å². The quantitative estimate of drug-likeness (QED) is 0.685. The summed E-state index contributed by atoms with van der Waals surface area (Å²) < 4.78 is 5.17. The summed E-state index contributed by atoms with van der Waals surface area (Å²) in [6, 6.07) is 10.1. The summed E-state index contributed by atoms with van der Waals surface area (Å²) >= 11 is 0. The summed E-state index contributed by atoms with van der Waals surface area (Å²) in [5.74, 6) is 0.948. The summed E-state index contributed by atoms with van der Waals surface area (Å²) in [4.78, 5) is 2.56. The van der Waals surface area contributed by atoms with E-state index < -0.39 is 0 Å². The molecule has 2 unspecified atom stereocenters. The van der Waals surface area contributed by atoms with Crippen LogP contribution in [0.15, 0.2) is 24.3 Å². The van der Waals surface area contributed by atoms with Crippen molar-refractivity contribution in [3.8, 4) is 5.75 Å². The highest BCUT2D eigenvalue weighted by Crippen LogP contribution is 2.44. The Labute approximate surface area is 90.8 Å². The highest BCUT2D eigenvalue weighted by atomic mass is 16.5. The first-order chi connectivity index (χ1) is 7.40. The van der Waals surface area contributed by atoms with E-state index in [0.717, 1.165) is 17.8 Å². The molecule has 1 aliphatic carbocycles. The van der Waals surface area contributed by atoms with Gasteiger partial charge in [-0.3, -0.25) is 0 Å².